The van der Waals surface area contributed by atoms with Gasteiger partial charge in [0.2, 0.25) is 0 Å². The molecule has 0 heterocycles. The fourth-order valence-electron chi connectivity index (χ4n) is 1.16. The maximum Gasteiger partial charge on any atom is 0.309 e. The summed E-state index contributed by atoms with van der Waals surface area (Å²) in [6.45, 7) is 1.67. The monoisotopic (exact) mass is 278 g/mol. The summed E-state index contributed by atoms with van der Waals surface area (Å²) in [4.78, 5) is 10.3. The maximum absolute atomic E-state index is 13.3. The van der Waals surface area contributed by atoms with Crippen LogP contribution in [0.4, 0.5) is 8.78 Å². The van der Waals surface area contributed by atoms with Gasteiger partial charge < -0.3 is 5.11 Å². The number of hydrogen-bond donors (Lipinski definition) is 1. The van der Waals surface area contributed by atoms with E-state index in [1.54, 1.807) is 6.92 Å². The van der Waals surface area contributed by atoms with Crippen molar-refractivity contribution in [1.29, 1.82) is 0 Å². The van der Waals surface area contributed by atoms with Crippen molar-refractivity contribution in [3.05, 3.63) is 33.8 Å². The van der Waals surface area contributed by atoms with Gasteiger partial charge in [-0.05, 0) is 24.6 Å². The van der Waals surface area contributed by atoms with Gasteiger partial charge in [0.15, 0.2) is 0 Å². The first-order valence-corrected chi connectivity index (χ1v) is 4.98. The Hall–Kier alpha value is -0.970. The molecule has 0 aliphatic rings. The number of hydrogen-bond acceptors (Lipinski definition) is 1. The van der Waals surface area contributed by atoms with Crippen molar-refractivity contribution in [3.8, 4) is 0 Å². The third-order valence-corrected chi connectivity index (χ3v) is 2.84. The molecule has 0 bridgehead atoms. The third kappa shape index (κ3) is 2.99. The van der Waals surface area contributed by atoms with Crippen LogP contribution in [-0.2, 0) is 10.7 Å². The SMILES string of the molecule is Cc1cc(C(F)(F)CC(=O)O)ccc1Br. The number of aryl methyl sites for hydroxylation is 1. The highest BCUT2D eigenvalue weighted by Gasteiger charge is 2.34. The quantitative estimate of drug-likeness (QED) is 0.921. The van der Waals surface area contributed by atoms with E-state index < -0.39 is 18.3 Å². The van der Waals surface area contributed by atoms with Crippen molar-refractivity contribution in [3.63, 3.8) is 0 Å². The smallest absolute Gasteiger partial charge is 0.309 e. The summed E-state index contributed by atoms with van der Waals surface area (Å²) in [5, 5.41) is 8.35. The van der Waals surface area contributed by atoms with Gasteiger partial charge in [-0.3, -0.25) is 4.79 Å². The summed E-state index contributed by atoms with van der Waals surface area (Å²) in [5.41, 5.74) is 0.378. The van der Waals surface area contributed by atoms with Crippen LogP contribution in [0.25, 0.3) is 0 Å². The minimum absolute atomic E-state index is 0.273. The molecule has 0 aromatic heterocycles. The average molecular weight is 279 g/mol. The fraction of sp³-hybridized carbons (Fsp3) is 0.300. The Labute approximate surface area is 94.0 Å². The van der Waals surface area contributed by atoms with Crippen LogP contribution >= 0.6 is 15.9 Å². The second-order valence-corrected chi connectivity index (χ2v) is 4.09. The maximum atomic E-state index is 13.3. The molecular weight excluding hydrogens is 270 g/mol. The van der Waals surface area contributed by atoms with Crippen LogP contribution in [0.1, 0.15) is 17.5 Å². The molecule has 15 heavy (non-hydrogen) atoms. The van der Waals surface area contributed by atoms with Gasteiger partial charge in [-0.25, -0.2) is 8.78 Å². The predicted octanol–water partition coefficient (Wildman–Crippen LogP) is 3.32. The Balaban J connectivity index is 3.04. The molecule has 0 amide bonds. The Bertz CT molecular complexity index is 391. The van der Waals surface area contributed by atoms with Crippen LogP contribution < -0.4 is 0 Å². The molecule has 5 heteroatoms. The van der Waals surface area contributed by atoms with Gasteiger partial charge in [-0.15, -0.1) is 0 Å². The Morgan fingerprint density at radius 2 is 2.13 bits per heavy atom. The first-order valence-electron chi connectivity index (χ1n) is 4.19. The minimum atomic E-state index is -3.32. The van der Waals surface area contributed by atoms with Crippen LogP contribution in [0, 0.1) is 6.92 Å². The molecule has 0 saturated heterocycles. The minimum Gasteiger partial charge on any atom is -0.481 e. The molecular formula is C10H9BrF2O2. The summed E-state index contributed by atoms with van der Waals surface area (Å²) in [6, 6.07) is 3.99. The highest BCUT2D eigenvalue weighted by Crippen LogP contribution is 2.33. The lowest BCUT2D eigenvalue weighted by atomic mass is 10.0. The zero-order chi connectivity index (χ0) is 11.6. The molecule has 2 nitrogen and oxygen atoms in total. The second kappa shape index (κ2) is 4.26. The number of aliphatic carboxylic acids is 1. The molecule has 0 unspecified atom stereocenters. The Kier molecular flexibility index (Phi) is 3.44. The van der Waals surface area contributed by atoms with E-state index in [1.807, 2.05) is 0 Å². The topological polar surface area (TPSA) is 37.3 Å². The normalized spacial score (nSPS) is 11.5. The molecule has 0 aliphatic carbocycles. The average Bonchev–Trinajstić information content (AvgIpc) is 2.07. The van der Waals surface area contributed by atoms with E-state index in [1.165, 1.54) is 18.2 Å². The first kappa shape index (κ1) is 12.1. The number of alkyl halides is 2. The van der Waals surface area contributed by atoms with E-state index in [2.05, 4.69) is 15.9 Å². The predicted molar refractivity (Wildman–Crippen MR) is 55.0 cm³/mol. The molecule has 82 valence electrons. The zero-order valence-electron chi connectivity index (χ0n) is 7.93. The highest BCUT2D eigenvalue weighted by atomic mass is 79.9. The van der Waals surface area contributed by atoms with Crippen molar-refractivity contribution in [1.82, 2.24) is 0 Å². The zero-order valence-corrected chi connectivity index (χ0v) is 9.51. The van der Waals surface area contributed by atoms with Crippen molar-refractivity contribution < 1.29 is 18.7 Å². The van der Waals surface area contributed by atoms with Gasteiger partial charge in [0, 0.05) is 10.0 Å². The summed E-state index contributed by atoms with van der Waals surface area (Å²) in [7, 11) is 0. The number of carboxylic acids is 1. The second-order valence-electron chi connectivity index (χ2n) is 3.24. The molecule has 0 saturated carbocycles. The summed E-state index contributed by atoms with van der Waals surface area (Å²) in [6.07, 6.45) is -1.19. The Morgan fingerprint density at radius 1 is 1.53 bits per heavy atom. The first-order chi connectivity index (χ1) is 6.83. The molecule has 1 N–H and O–H groups in total. The van der Waals surface area contributed by atoms with Crippen molar-refractivity contribution >= 4 is 21.9 Å². The lowest BCUT2D eigenvalue weighted by Crippen LogP contribution is -2.18. The Morgan fingerprint density at radius 3 is 2.60 bits per heavy atom. The summed E-state index contributed by atoms with van der Waals surface area (Å²) >= 11 is 3.19. The highest BCUT2D eigenvalue weighted by molar-refractivity contribution is 9.10. The molecule has 0 atom stereocenters. The molecule has 1 aromatic carbocycles. The third-order valence-electron chi connectivity index (χ3n) is 1.95. The van der Waals surface area contributed by atoms with Crippen LogP contribution in [0.2, 0.25) is 0 Å². The van der Waals surface area contributed by atoms with Gasteiger partial charge in [-0.1, -0.05) is 22.0 Å². The lowest BCUT2D eigenvalue weighted by Gasteiger charge is -2.15. The van der Waals surface area contributed by atoms with E-state index in [9.17, 15) is 13.6 Å². The molecule has 1 aromatic rings. The van der Waals surface area contributed by atoms with Crippen LogP contribution in [0.3, 0.4) is 0 Å². The molecule has 0 aliphatic heterocycles. The van der Waals surface area contributed by atoms with E-state index in [0.717, 1.165) is 4.47 Å². The van der Waals surface area contributed by atoms with E-state index in [4.69, 9.17) is 5.11 Å². The molecule has 0 radical (unpaired) electrons. The summed E-state index contributed by atoms with van der Waals surface area (Å²) < 4.78 is 27.4. The standard InChI is InChI=1S/C10H9BrF2O2/c1-6-4-7(2-3-8(6)11)10(12,13)5-9(14)15/h2-4H,5H2,1H3,(H,14,15). The molecule has 0 spiro atoms. The largest absolute Gasteiger partial charge is 0.481 e. The lowest BCUT2D eigenvalue weighted by molar-refractivity contribution is -0.145. The number of carboxylic acid groups (broad SMARTS) is 1. The number of carbonyl (C=O) groups is 1. The van der Waals surface area contributed by atoms with Crippen LogP contribution in [-0.4, -0.2) is 11.1 Å². The number of rotatable bonds is 3. The summed E-state index contributed by atoms with van der Waals surface area (Å²) in [5.74, 6) is -4.84. The van der Waals surface area contributed by atoms with Crippen molar-refractivity contribution in [2.45, 2.75) is 19.3 Å². The molecule has 1 rings (SSSR count). The van der Waals surface area contributed by atoms with Crippen molar-refractivity contribution in [2.75, 3.05) is 0 Å². The van der Waals surface area contributed by atoms with Gasteiger partial charge in [0.1, 0.15) is 6.42 Å². The van der Waals surface area contributed by atoms with Crippen molar-refractivity contribution in [2.24, 2.45) is 0 Å². The number of benzene rings is 1. The van der Waals surface area contributed by atoms with Gasteiger partial charge in [0.25, 0.3) is 5.92 Å². The van der Waals surface area contributed by atoms with E-state index in [-0.39, 0.29) is 5.56 Å². The van der Waals surface area contributed by atoms with Gasteiger partial charge in [0.05, 0.1) is 0 Å². The van der Waals surface area contributed by atoms with E-state index >= 15 is 0 Å². The van der Waals surface area contributed by atoms with Crippen LogP contribution in [0.15, 0.2) is 22.7 Å². The number of halogens is 3. The van der Waals surface area contributed by atoms with Crippen LogP contribution in [0.5, 0.6) is 0 Å². The molecule has 0 fully saturated rings. The fourth-order valence-corrected chi connectivity index (χ4v) is 1.41. The van der Waals surface area contributed by atoms with Gasteiger partial charge >= 0.3 is 5.97 Å². The van der Waals surface area contributed by atoms with Gasteiger partial charge in [-0.2, -0.15) is 0 Å². The van der Waals surface area contributed by atoms with E-state index in [0.29, 0.717) is 5.56 Å².